The molecule has 1 amide bonds. The highest BCUT2D eigenvalue weighted by Crippen LogP contribution is 2.33. The topological polar surface area (TPSA) is 70.6 Å². The zero-order chi connectivity index (χ0) is 20.9. The van der Waals surface area contributed by atoms with E-state index in [9.17, 15) is 4.79 Å². The Labute approximate surface area is 178 Å². The molecule has 0 saturated carbocycles. The lowest BCUT2D eigenvalue weighted by molar-refractivity contribution is -0.125. The van der Waals surface area contributed by atoms with Gasteiger partial charge in [0.15, 0.2) is 0 Å². The second-order valence-corrected chi connectivity index (χ2v) is 8.44. The van der Waals surface area contributed by atoms with E-state index in [0.717, 1.165) is 44.4 Å². The number of anilines is 1. The number of hydrogen-bond acceptors (Lipinski definition) is 6. The van der Waals surface area contributed by atoms with Crippen LogP contribution in [0.1, 0.15) is 31.0 Å². The van der Waals surface area contributed by atoms with Crippen LogP contribution < -0.4 is 10.2 Å². The monoisotopic (exact) mass is 409 g/mol. The maximum Gasteiger partial charge on any atom is 0.225 e. The fourth-order valence-corrected chi connectivity index (χ4v) is 4.30. The molecule has 7 nitrogen and oxygen atoms in total. The number of carbonyl (C=O) groups excluding carboxylic acids is 1. The highest BCUT2D eigenvalue weighted by atomic mass is 16.5. The molecular weight excluding hydrogens is 378 g/mol. The maximum atomic E-state index is 13.0. The largest absolute Gasteiger partial charge is 0.378 e. The van der Waals surface area contributed by atoms with Crippen molar-refractivity contribution in [1.29, 1.82) is 0 Å². The quantitative estimate of drug-likeness (QED) is 0.788. The number of benzene rings is 1. The molecular formula is C23H31N5O2. The van der Waals surface area contributed by atoms with Crippen molar-refractivity contribution in [2.45, 2.75) is 32.4 Å². The average molecular weight is 410 g/mol. The van der Waals surface area contributed by atoms with Gasteiger partial charge in [-0.15, -0.1) is 0 Å². The van der Waals surface area contributed by atoms with Crippen LogP contribution in [0.2, 0.25) is 0 Å². The molecule has 0 aliphatic carbocycles. The minimum absolute atomic E-state index is 0.0512. The molecule has 4 rings (SSSR count). The second-order valence-electron chi connectivity index (χ2n) is 8.44. The first-order valence-electron chi connectivity index (χ1n) is 10.8. The normalized spacial score (nSPS) is 22.4. The molecule has 2 atom stereocenters. The Kier molecular flexibility index (Phi) is 6.59. The molecule has 1 N–H and O–H groups in total. The Morgan fingerprint density at radius 1 is 1.17 bits per heavy atom. The van der Waals surface area contributed by atoms with Crippen molar-refractivity contribution >= 4 is 11.9 Å². The molecule has 0 spiro atoms. The van der Waals surface area contributed by atoms with Gasteiger partial charge in [0, 0.05) is 50.9 Å². The van der Waals surface area contributed by atoms with Gasteiger partial charge in [0.1, 0.15) is 0 Å². The molecule has 3 heterocycles. The molecule has 0 bridgehead atoms. The smallest absolute Gasteiger partial charge is 0.225 e. The molecule has 0 radical (unpaired) electrons. The third kappa shape index (κ3) is 4.96. The van der Waals surface area contributed by atoms with Crippen LogP contribution in [0.5, 0.6) is 0 Å². The second kappa shape index (κ2) is 9.53. The molecule has 2 fully saturated rings. The van der Waals surface area contributed by atoms with Gasteiger partial charge in [0.05, 0.1) is 24.8 Å². The predicted octanol–water partition coefficient (Wildman–Crippen LogP) is 2.05. The van der Waals surface area contributed by atoms with Crippen molar-refractivity contribution in [3.05, 3.63) is 53.9 Å². The molecule has 2 aromatic rings. The van der Waals surface area contributed by atoms with Crippen LogP contribution in [-0.2, 0) is 16.1 Å². The number of carbonyl (C=O) groups is 1. The van der Waals surface area contributed by atoms with Crippen LogP contribution >= 0.6 is 0 Å². The summed E-state index contributed by atoms with van der Waals surface area (Å²) in [5.74, 6) is 0.774. The molecule has 30 heavy (non-hydrogen) atoms. The molecule has 2 saturated heterocycles. The van der Waals surface area contributed by atoms with Crippen molar-refractivity contribution in [2.24, 2.45) is 5.92 Å². The third-order valence-electron chi connectivity index (χ3n) is 5.75. The first kappa shape index (κ1) is 20.8. The molecule has 0 unspecified atom stereocenters. The minimum atomic E-state index is -0.122. The van der Waals surface area contributed by atoms with E-state index in [4.69, 9.17) is 9.72 Å². The summed E-state index contributed by atoms with van der Waals surface area (Å²) in [6, 6.07) is 12.5. The molecule has 7 heteroatoms. The summed E-state index contributed by atoms with van der Waals surface area (Å²) in [5, 5.41) is 3.11. The van der Waals surface area contributed by atoms with E-state index in [2.05, 4.69) is 44.4 Å². The summed E-state index contributed by atoms with van der Waals surface area (Å²) in [6.45, 7) is 9.37. The number of amides is 1. The summed E-state index contributed by atoms with van der Waals surface area (Å²) < 4.78 is 5.45. The van der Waals surface area contributed by atoms with Gasteiger partial charge < -0.3 is 15.0 Å². The van der Waals surface area contributed by atoms with Crippen LogP contribution in [0.25, 0.3) is 0 Å². The first-order chi connectivity index (χ1) is 14.6. The van der Waals surface area contributed by atoms with E-state index in [1.807, 2.05) is 32.2 Å². The Hall–Kier alpha value is -2.51. The fourth-order valence-electron chi connectivity index (χ4n) is 4.30. The summed E-state index contributed by atoms with van der Waals surface area (Å²) >= 11 is 0. The van der Waals surface area contributed by atoms with Gasteiger partial charge in [0.25, 0.3) is 0 Å². The molecule has 2 aliphatic rings. The number of hydrogen-bond donors (Lipinski definition) is 1. The highest BCUT2D eigenvalue weighted by Gasteiger charge is 2.39. The zero-order valence-electron chi connectivity index (χ0n) is 17.8. The van der Waals surface area contributed by atoms with Gasteiger partial charge in [-0.2, -0.15) is 0 Å². The lowest BCUT2D eigenvalue weighted by Crippen LogP contribution is -2.39. The number of nitrogens with one attached hydrogen (secondary N) is 1. The summed E-state index contributed by atoms with van der Waals surface area (Å²) in [6.07, 6.45) is 1.82. The van der Waals surface area contributed by atoms with Gasteiger partial charge in [-0.1, -0.05) is 30.3 Å². The maximum absolute atomic E-state index is 13.0. The molecule has 1 aromatic carbocycles. The van der Waals surface area contributed by atoms with Crippen LogP contribution in [0.15, 0.2) is 42.6 Å². The van der Waals surface area contributed by atoms with Crippen LogP contribution in [0, 0.1) is 5.92 Å². The van der Waals surface area contributed by atoms with E-state index in [-0.39, 0.29) is 23.8 Å². The Bertz CT molecular complexity index is 838. The number of likely N-dealkylation sites (tertiary alicyclic amines) is 1. The molecule has 1 aromatic heterocycles. The van der Waals surface area contributed by atoms with Crippen molar-refractivity contribution in [1.82, 2.24) is 20.2 Å². The van der Waals surface area contributed by atoms with Gasteiger partial charge >= 0.3 is 0 Å². The summed E-state index contributed by atoms with van der Waals surface area (Å²) in [5.41, 5.74) is 2.21. The molecule has 160 valence electrons. The molecule has 2 aliphatic heterocycles. The van der Waals surface area contributed by atoms with Gasteiger partial charge in [-0.05, 0) is 25.5 Å². The van der Waals surface area contributed by atoms with E-state index in [0.29, 0.717) is 13.2 Å². The summed E-state index contributed by atoms with van der Waals surface area (Å²) in [7, 11) is 0. The van der Waals surface area contributed by atoms with Crippen LogP contribution in [-0.4, -0.2) is 66.2 Å². The predicted molar refractivity (Wildman–Crippen MR) is 116 cm³/mol. The number of rotatable bonds is 6. The SMILES string of the molecule is CC(C)NC(=O)[C@@H]1CN(Cc2ccccc2)C[C@H]1c1ccnc(N2CCOCC2)n1. The first-order valence-corrected chi connectivity index (χ1v) is 10.8. The van der Waals surface area contributed by atoms with Crippen LogP contribution in [0.3, 0.4) is 0 Å². The van der Waals surface area contributed by atoms with Gasteiger partial charge in [-0.25, -0.2) is 9.97 Å². The van der Waals surface area contributed by atoms with Gasteiger partial charge in [0.2, 0.25) is 11.9 Å². The Morgan fingerprint density at radius 2 is 1.93 bits per heavy atom. The number of nitrogens with zero attached hydrogens (tertiary/aromatic N) is 4. The number of ether oxygens (including phenoxy) is 1. The lowest BCUT2D eigenvalue weighted by atomic mass is 9.91. The van der Waals surface area contributed by atoms with E-state index in [1.54, 1.807) is 0 Å². The van der Waals surface area contributed by atoms with Gasteiger partial charge in [-0.3, -0.25) is 9.69 Å². The lowest BCUT2D eigenvalue weighted by Gasteiger charge is -2.27. The zero-order valence-corrected chi connectivity index (χ0v) is 17.8. The number of aromatic nitrogens is 2. The fraction of sp³-hybridized carbons (Fsp3) is 0.522. The highest BCUT2D eigenvalue weighted by molar-refractivity contribution is 5.80. The Balaban J connectivity index is 1.55. The van der Waals surface area contributed by atoms with Crippen molar-refractivity contribution in [3.8, 4) is 0 Å². The van der Waals surface area contributed by atoms with Crippen molar-refractivity contribution in [3.63, 3.8) is 0 Å². The number of morpholine rings is 1. The average Bonchev–Trinajstić information content (AvgIpc) is 3.19. The summed E-state index contributed by atoms with van der Waals surface area (Å²) in [4.78, 5) is 26.9. The van der Waals surface area contributed by atoms with E-state index < -0.39 is 0 Å². The third-order valence-corrected chi connectivity index (χ3v) is 5.75. The standard InChI is InChI=1S/C23H31N5O2/c1-17(2)25-22(29)20-16-27(14-18-6-4-3-5-7-18)15-19(20)21-8-9-24-23(26-21)28-10-12-30-13-11-28/h3-9,17,19-20H,10-16H2,1-2H3,(H,25,29)/t19-,20-/m1/s1. The van der Waals surface area contributed by atoms with Crippen molar-refractivity contribution < 1.29 is 9.53 Å². The van der Waals surface area contributed by atoms with Crippen LogP contribution in [0.4, 0.5) is 5.95 Å². The van der Waals surface area contributed by atoms with Crippen molar-refractivity contribution in [2.75, 3.05) is 44.3 Å². The minimum Gasteiger partial charge on any atom is -0.378 e. The Morgan fingerprint density at radius 3 is 2.67 bits per heavy atom. The van der Waals surface area contributed by atoms with E-state index in [1.165, 1.54) is 5.56 Å². The van der Waals surface area contributed by atoms with E-state index >= 15 is 0 Å².